The molecule has 0 aliphatic heterocycles. The molecule has 0 aliphatic carbocycles. The van der Waals surface area contributed by atoms with Crippen LogP contribution in [0.25, 0.3) is 0 Å². The summed E-state index contributed by atoms with van der Waals surface area (Å²) in [5.74, 6) is 0. The third-order valence-corrected chi connectivity index (χ3v) is 6.73. The average Bonchev–Trinajstić information content (AvgIpc) is 2.70. The molecular formula is C28H60BrN. The molecule has 184 valence electrons. The number of hydrogen-bond donors (Lipinski definition) is 0. The molecular weight excluding hydrogens is 430 g/mol. The lowest BCUT2D eigenvalue weighted by atomic mass is 10.0. The third-order valence-electron chi connectivity index (χ3n) is 6.73. The highest BCUT2D eigenvalue weighted by atomic mass is 79.9. The van der Waals surface area contributed by atoms with Crippen molar-refractivity contribution >= 4 is 0 Å². The molecule has 0 fully saturated rings. The molecule has 0 aliphatic rings. The number of quaternary nitrogens is 1. The molecule has 0 amide bonds. The van der Waals surface area contributed by atoms with Crippen LogP contribution >= 0.6 is 0 Å². The van der Waals surface area contributed by atoms with Crippen LogP contribution in [0.4, 0.5) is 0 Å². The van der Waals surface area contributed by atoms with E-state index in [0.717, 1.165) is 0 Å². The average molecular weight is 491 g/mol. The minimum absolute atomic E-state index is 0. The van der Waals surface area contributed by atoms with Crippen molar-refractivity contribution in [2.75, 3.05) is 27.2 Å². The fourth-order valence-electron chi connectivity index (χ4n) is 4.52. The van der Waals surface area contributed by atoms with Gasteiger partial charge in [0.2, 0.25) is 0 Å². The van der Waals surface area contributed by atoms with E-state index in [9.17, 15) is 0 Å². The van der Waals surface area contributed by atoms with Crippen molar-refractivity contribution in [3.8, 4) is 0 Å². The SMILES string of the molecule is CCCCCCCCCCCCCCCCCC[N+](C)(C)CCCCCCCC.[Br-]. The Morgan fingerprint density at radius 2 is 0.533 bits per heavy atom. The first kappa shape index (κ1) is 32.6. The first-order chi connectivity index (χ1) is 14.1. The standard InChI is InChI=1S/C28H60N.BrH/c1-5-7-9-11-13-14-15-16-17-18-19-20-21-22-24-26-28-29(3,4)27-25-23-12-10-8-6-2;/h5-28H2,1-4H3;1H/q+1;/p-1. The van der Waals surface area contributed by atoms with Gasteiger partial charge in [-0.15, -0.1) is 0 Å². The Morgan fingerprint density at radius 3 is 0.767 bits per heavy atom. The van der Waals surface area contributed by atoms with E-state index in [-0.39, 0.29) is 17.0 Å². The first-order valence-electron chi connectivity index (χ1n) is 13.9. The van der Waals surface area contributed by atoms with E-state index in [4.69, 9.17) is 0 Å². The van der Waals surface area contributed by atoms with Gasteiger partial charge in [0.15, 0.2) is 0 Å². The predicted molar refractivity (Wildman–Crippen MR) is 135 cm³/mol. The van der Waals surface area contributed by atoms with E-state index in [1.54, 1.807) is 0 Å². The normalized spacial score (nSPS) is 11.6. The fourth-order valence-corrected chi connectivity index (χ4v) is 4.52. The number of nitrogens with zero attached hydrogens (tertiary/aromatic N) is 1. The maximum atomic E-state index is 2.44. The first-order valence-corrected chi connectivity index (χ1v) is 13.9. The number of halogens is 1. The Balaban J connectivity index is 0. The van der Waals surface area contributed by atoms with Crippen molar-refractivity contribution in [3.63, 3.8) is 0 Å². The number of unbranched alkanes of at least 4 members (excludes halogenated alkanes) is 20. The molecule has 0 saturated heterocycles. The zero-order chi connectivity index (χ0) is 21.5. The molecule has 0 aromatic rings. The highest BCUT2D eigenvalue weighted by Gasteiger charge is 2.13. The fraction of sp³-hybridized carbons (Fsp3) is 1.00. The minimum atomic E-state index is 0. The molecule has 0 radical (unpaired) electrons. The topological polar surface area (TPSA) is 0 Å². The summed E-state index contributed by atoms with van der Waals surface area (Å²) in [6, 6.07) is 0. The zero-order valence-corrected chi connectivity index (χ0v) is 23.4. The van der Waals surface area contributed by atoms with Crippen LogP contribution in [-0.2, 0) is 0 Å². The third kappa shape index (κ3) is 26.5. The van der Waals surface area contributed by atoms with E-state index in [1.165, 1.54) is 159 Å². The summed E-state index contributed by atoms with van der Waals surface area (Å²) in [5.41, 5.74) is 0. The van der Waals surface area contributed by atoms with E-state index >= 15 is 0 Å². The summed E-state index contributed by atoms with van der Waals surface area (Å²) in [4.78, 5) is 0. The van der Waals surface area contributed by atoms with Gasteiger partial charge in [-0.3, -0.25) is 0 Å². The Bertz CT molecular complexity index is 303. The zero-order valence-electron chi connectivity index (χ0n) is 21.8. The molecule has 0 aromatic carbocycles. The summed E-state index contributed by atoms with van der Waals surface area (Å²) in [6.45, 7) is 7.37. The molecule has 0 heterocycles. The molecule has 0 unspecified atom stereocenters. The van der Waals surface area contributed by atoms with Crippen molar-refractivity contribution in [2.45, 2.75) is 155 Å². The molecule has 0 saturated carbocycles. The van der Waals surface area contributed by atoms with Gasteiger partial charge in [-0.25, -0.2) is 0 Å². The predicted octanol–water partition coefficient (Wildman–Crippen LogP) is 6.69. The largest absolute Gasteiger partial charge is 1.00 e. The lowest BCUT2D eigenvalue weighted by Gasteiger charge is -2.30. The van der Waals surface area contributed by atoms with Gasteiger partial charge >= 0.3 is 0 Å². The Hall–Kier alpha value is 0.440. The van der Waals surface area contributed by atoms with Gasteiger partial charge in [-0.2, -0.15) is 0 Å². The second-order valence-electron chi connectivity index (χ2n) is 10.5. The van der Waals surface area contributed by atoms with Crippen LogP contribution in [0, 0.1) is 0 Å². The maximum Gasteiger partial charge on any atom is 0.0782 e. The molecule has 0 N–H and O–H groups in total. The van der Waals surface area contributed by atoms with Crippen molar-refractivity contribution in [1.29, 1.82) is 0 Å². The number of hydrogen-bond acceptors (Lipinski definition) is 0. The van der Waals surface area contributed by atoms with E-state index in [1.807, 2.05) is 0 Å². The van der Waals surface area contributed by atoms with Crippen LogP contribution < -0.4 is 17.0 Å². The van der Waals surface area contributed by atoms with Gasteiger partial charge in [0, 0.05) is 0 Å². The number of rotatable bonds is 24. The van der Waals surface area contributed by atoms with Crippen molar-refractivity contribution in [1.82, 2.24) is 0 Å². The molecule has 0 rings (SSSR count). The second kappa shape index (κ2) is 25.7. The second-order valence-corrected chi connectivity index (χ2v) is 10.5. The van der Waals surface area contributed by atoms with Gasteiger partial charge in [0.1, 0.15) is 0 Å². The molecule has 30 heavy (non-hydrogen) atoms. The molecule has 0 aromatic heterocycles. The van der Waals surface area contributed by atoms with Crippen LogP contribution in [0.3, 0.4) is 0 Å². The maximum absolute atomic E-state index is 2.44. The smallest absolute Gasteiger partial charge is 0.0782 e. The Labute approximate surface area is 203 Å². The summed E-state index contributed by atoms with van der Waals surface area (Å²) >= 11 is 0. The van der Waals surface area contributed by atoms with Crippen molar-refractivity contribution in [2.24, 2.45) is 0 Å². The van der Waals surface area contributed by atoms with Gasteiger partial charge in [-0.05, 0) is 25.7 Å². The molecule has 0 atom stereocenters. The summed E-state index contributed by atoms with van der Waals surface area (Å²) in [6.07, 6.45) is 32.0. The minimum Gasteiger partial charge on any atom is -1.00 e. The monoisotopic (exact) mass is 489 g/mol. The lowest BCUT2D eigenvalue weighted by Crippen LogP contribution is -3.00. The molecule has 0 bridgehead atoms. The van der Waals surface area contributed by atoms with Crippen LogP contribution in [0.2, 0.25) is 0 Å². The van der Waals surface area contributed by atoms with Crippen LogP contribution in [0.5, 0.6) is 0 Å². The van der Waals surface area contributed by atoms with Crippen LogP contribution in [0.15, 0.2) is 0 Å². The Morgan fingerprint density at radius 1 is 0.333 bits per heavy atom. The summed E-state index contributed by atoms with van der Waals surface area (Å²) < 4.78 is 1.24. The van der Waals surface area contributed by atoms with E-state index in [2.05, 4.69) is 27.9 Å². The molecule has 0 spiro atoms. The Kier molecular flexibility index (Phi) is 27.9. The van der Waals surface area contributed by atoms with Crippen molar-refractivity contribution < 1.29 is 21.5 Å². The van der Waals surface area contributed by atoms with Gasteiger partial charge < -0.3 is 21.5 Å². The quantitative estimate of drug-likeness (QED) is 0.104. The highest BCUT2D eigenvalue weighted by molar-refractivity contribution is 4.50. The van der Waals surface area contributed by atoms with Crippen LogP contribution in [-0.4, -0.2) is 31.7 Å². The molecule has 1 nitrogen and oxygen atoms in total. The van der Waals surface area contributed by atoms with Gasteiger partial charge in [0.25, 0.3) is 0 Å². The van der Waals surface area contributed by atoms with Crippen LogP contribution in [0.1, 0.15) is 155 Å². The summed E-state index contributed by atoms with van der Waals surface area (Å²) in [7, 11) is 4.88. The van der Waals surface area contributed by atoms with Gasteiger partial charge in [0.05, 0.1) is 27.2 Å². The van der Waals surface area contributed by atoms with Crippen molar-refractivity contribution in [3.05, 3.63) is 0 Å². The van der Waals surface area contributed by atoms with E-state index in [0.29, 0.717) is 0 Å². The molecule has 2 heteroatoms. The van der Waals surface area contributed by atoms with Gasteiger partial charge in [-0.1, -0.05) is 129 Å². The highest BCUT2D eigenvalue weighted by Crippen LogP contribution is 2.14. The summed E-state index contributed by atoms with van der Waals surface area (Å²) in [5, 5.41) is 0. The lowest BCUT2D eigenvalue weighted by molar-refractivity contribution is -0.890. The van der Waals surface area contributed by atoms with E-state index < -0.39 is 0 Å².